The van der Waals surface area contributed by atoms with Crippen LogP contribution in [-0.4, -0.2) is 43.6 Å². The molecule has 1 aliphatic carbocycles. The molecule has 0 bridgehead atoms. The van der Waals surface area contributed by atoms with Crippen molar-refractivity contribution in [1.82, 2.24) is 10.2 Å². The summed E-state index contributed by atoms with van der Waals surface area (Å²) in [6, 6.07) is -0.226. The van der Waals surface area contributed by atoms with Gasteiger partial charge in [-0.1, -0.05) is 18.2 Å². The van der Waals surface area contributed by atoms with Gasteiger partial charge in [-0.25, -0.2) is 4.79 Å². The summed E-state index contributed by atoms with van der Waals surface area (Å²) < 4.78 is 5.59. The number of allylic oxidation sites excluding steroid dienone is 2. The molecule has 0 aromatic rings. The minimum Gasteiger partial charge on any atom is -0.377 e. The van der Waals surface area contributed by atoms with Crippen molar-refractivity contribution in [3.8, 4) is 0 Å². The van der Waals surface area contributed by atoms with Crippen LogP contribution < -0.4 is 5.32 Å². The third-order valence-corrected chi connectivity index (χ3v) is 3.14. The van der Waals surface area contributed by atoms with Gasteiger partial charge >= 0.3 is 6.03 Å². The average Bonchev–Trinajstić information content (AvgIpc) is 2.48. The highest BCUT2D eigenvalue weighted by Crippen LogP contribution is 2.10. The molecule has 0 saturated heterocycles. The monoisotopic (exact) mass is 279 g/mol. The Labute approximate surface area is 121 Å². The highest BCUT2D eigenvalue weighted by atomic mass is 16.5. The molecular weight excluding hydrogens is 254 g/mol. The molecule has 5 heteroatoms. The summed E-state index contributed by atoms with van der Waals surface area (Å²) in [5.41, 5.74) is 1.23. The first-order chi connectivity index (χ1) is 9.69. The van der Waals surface area contributed by atoms with E-state index in [0.717, 1.165) is 19.3 Å². The van der Waals surface area contributed by atoms with Crippen LogP contribution in [0.3, 0.4) is 0 Å². The van der Waals surface area contributed by atoms with Gasteiger partial charge in [-0.2, -0.15) is 0 Å². The van der Waals surface area contributed by atoms with Crippen molar-refractivity contribution in [2.45, 2.75) is 32.6 Å². The lowest BCUT2D eigenvalue weighted by molar-refractivity contribution is 0.155. The number of nitrogens with zero attached hydrogens (tertiary/aromatic N) is 1. The van der Waals surface area contributed by atoms with Crippen LogP contribution in [0.25, 0.3) is 0 Å². The number of hydrogen-bond donors (Lipinski definition) is 2. The Bertz CT molecular complexity index is 389. The van der Waals surface area contributed by atoms with Gasteiger partial charge in [0.15, 0.2) is 0 Å². The Hall–Kier alpha value is -1.62. The van der Waals surface area contributed by atoms with Gasteiger partial charge < -0.3 is 10.1 Å². The van der Waals surface area contributed by atoms with Crippen molar-refractivity contribution in [1.29, 1.82) is 5.41 Å². The highest BCUT2D eigenvalue weighted by molar-refractivity contribution is 5.95. The van der Waals surface area contributed by atoms with Crippen LogP contribution in [0, 0.1) is 5.41 Å². The van der Waals surface area contributed by atoms with E-state index in [1.807, 2.05) is 6.92 Å². The molecule has 0 aliphatic heterocycles. The maximum Gasteiger partial charge on any atom is 0.322 e. The number of amidine groups is 1. The summed E-state index contributed by atoms with van der Waals surface area (Å²) in [6.45, 7) is 3.62. The summed E-state index contributed by atoms with van der Waals surface area (Å²) in [7, 11) is 1.58. The predicted octanol–water partition coefficient (Wildman–Crippen LogP) is 2.70. The normalized spacial score (nSPS) is 13.8. The second-order valence-corrected chi connectivity index (χ2v) is 4.66. The van der Waals surface area contributed by atoms with Crippen molar-refractivity contribution < 1.29 is 9.53 Å². The lowest BCUT2D eigenvalue weighted by Crippen LogP contribution is -2.41. The van der Waals surface area contributed by atoms with Crippen LogP contribution in [0.15, 0.2) is 23.8 Å². The fraction of sp³-hybridized carbons (Fsp3) is 0.600. The lowest BCUT2D eigenvalue weighted by Gasteiger charge is -2.20. The van der Waals surface area contributed by atoms with E-state index in [-0.39, 0.29) is 6.03 Å². The Morgan fingerprint density at radius 3 is 2.90 bits per heavy atom. The van der Waals surface area contributed by atoms with Crippen LogP contribution in [0.5, 0.6) is 0 Å². The summed E-state index contributed by atoms with van der Waals surface area (Å²) in [5, 5.41) is 10.4. The van der Waals surface area contributed by atoms with Gasteiger partial charge in [0.2, 0.25) is 0 Å². The Morgan fingerprint density at radius 2 is 2.30 bits per heavy atom. The molecular formula is C15H25N3O2. The zero-order chi connectivity index (χ0) is 14.8. The van der Waals surface area contributed by atoms with Crippen LogP contribution >= 0.6 is 0 Å². The second kappa shape index (κ2) is 9.31. The molecule has 1 rings (SSSR count). The second-order valence-electron chi connectivity index (χ2n) is 4.66. The van der Waals surface area contributed by atoms with Gasteiger partial charge in [-0.3, -0.25) is 10.3 Å². The number of amides is 2. The fourth-order valence-corrected chi connectivity index (χ4v) is 2.03. The van der Waals surface area contributed by atoms with Crippen molar-refractivity contribution in [2.24, 2.45) is 0 Å². The molecule has 5 nitrogen and oxygen atoms in total. The third-order valence-electron chi connectivity index (χ3n) is 3.14. The first kappa shape index (κ1) is 16.4. The zero-order valence-electron chi connectivity index (χ0n) is 12.4. The summed E-state index contributed by atoms with van der Waals surface area (Å²) >= 11 is 0. The van der Waals surface area contributed by atoms with Gasteiger partial charge in [-0.15, -0.1) is 0 Å². The largest absolute Gasteiger partial charge is 0.377 e. The summed E-state index contributed by atoms with van der Waals surface area (Å²) in [6.07, 6.45) is 9.99. The molecule has 0 heterocycles. The number of carbonyl (C=O) groups excluding carboxylic acids is 1. The molecule has 2 N–H and O–H groups in total. The molecule has 0 atom stereocenters. The summed E-state index contributed by atoms with van der Waals surface area (Å²) in [4.78, 5) is 12.9. The van der Waals surface area contributed by atoms with Crippen LogP contribution in [0.1, 0.15) is 32.6 Å². The maximum absolute atomic E-state index is 11.5. The minimum absolute atomic E-state index is 0.226. The van der Waals surface area contributed by atoms with Gasteiger partial charge in [0.25, 0.3) is 0 Å². The van der Waals surface area contributed by atoms with E-state index in [1.54, 1.807) is 7.05 Å². The molecule has 0 fully saturated rings. The van der Waals surface area contributed by atoms with Gasteiger partial charge in [0, 0.05) is 26.6 Å². The lowest BCUT2D eigenvalue weighted by atomic mass is 10.1. The predicted molar refractivity (Wildman–Crippen MR) is 81.1 cm³/mol. The number of rotatable bonds is 7. The standard InChI is InChI=1S/C15H25N3O2/c1-3-18(15(19)17-2)14(16)10-7-11-20-12-13-8-5-4-6-9-13/h5,8-9,16H,3-4,6-7,10-12H2,1-2H3,(H,17,19). The van der Waals surface area contributed by atoms with Crippen molar-refractivity contribution in [3.05, 3.63) is 23.8 Å². The molecule has 2 amide bonds. The van der Waals surface area contributed by atoms with Crippen LogP contribution in [0.2, 0.25) is 0 Å². The molecule has 0 aromatic heterocycles. The van der Waals surface area contributed by atoms with E-state index < -0.39 is 0 Å². The van der Waals surface area contributed by atoms with Gasteiger partial charge in [0.05, 0.1) is 6.61 Å². The third kappa shape index (κ3) is 5.57. The molecule has 0 saturated carbocycles. The quantitative estimate of drug-likeness (QED) is 0.427. The van der Waals surface area contributed by atoms with Crippen molar-refractivity contribution >= 4 is 11.9 Å². The Balaban J connectivity index is 2.16. The zero-order valence-corrected chi connectivity index (χ0v) is 12.4. The number of carbonyl (C=O) groups is 1. The van der Waals surface area contributed by atoms with Crippen molar-refractivity contribution in [3.63, 3.8) is 0 Å². The molecule has 1 aliphatic rings. The van der Waals surface area contributed by atoms with E-state index in [4.69, 9.17) is 10.1 Å². The number of ether oxygens (including phenoxy) is 1. The Morgan fingerprint density at radius 1 is 1.50 bits per heavy atom. The molecule has 0 unspecified atom stereocenters. The first-order valence-corrected chi connectivity index (χ1v) is 7.19. The topological polar surface area (TPSA) is 65.4 Å². The van der Waals surface area contributed by atoms with E-state index in [0.29, 0.717) is 32.0 Å². The van der Waals surface area contributed by atoms with Gasteiger partial charge in [0.1, 0.15) is 5.84 Å². The first-order valence-electron chi connectivity index (χ1n) is 7.19. The minimum atomic E-state index is -0.226. The molecule has 20 heavy (non-hydrogen) atoms. The van der Waals surface area contributed by atoms with Gasteiger partial charge in [-0.05, 0) is 31.8 Å². The Kier molecular flexibility index (Phi) is 7.65. The number of urea groups is 1. The van der Waals surface area contributed by atoms with Crippen LogP contribution in [-0.2, 0) is 4.74 Å². The van der Waals surface area contributed by atoms with E-state index in [2.05, 4.69) is 23.5 Å². The number of nitrogens with one attached hydrogen (secondary N) is 2. The summed E-state index contributed by atoms with van der Waals surface area (Å²) in [5.74, 6) is 0.340. The maximum atomic E-state index is 11.5. The average molecular weight is 279 g/mol. The molecule has 0 aromatic carbocycles. The van der Waals surface area contributed by atoms with Crippen LogP contribution in [0.4, 0.5) is 4.79 Å². The fourth-order valence-electron chi connectivity index (χ4n) is 2.03. The highest BCUT2D eigenvalue weighted by Gasteiger charge is 2.14. The SMILES string of the molecule is CCN(C(=N)CCCOCC1=CCCC=C1)C(=O)NC. The van der Waals surface area contributed by atoms with E-state index in [1.165, 1.54) is 10.5 Å². The smallest absolute Gasteiger partial charge is 0.322 e. The molecule has 112 valence electrons. The van der Waals surface area contributed by atoms with Crippen molar-refractivity contribution in [2.75, 3.05) is 26.8 Å². The number of hydrogen-bond acceptors (Lipinski definition) is 3. The van der Waals surface area contributed by atoms with E-state index >= 15 is 0 Å². The van der Waals surface area contributed by atoms with E-state index in [9.17, 15) is 4.79 Å². The molecule has 0 spiro atoms. The molecule has 0 radical (unpaired) electrons.